The Morgan fingerprint density at radius 1 is 0.912 bits per heavy atom. The number of fused-ring (bicyclic) bond motifs is 1. The molecule has 0 saturated carbocycles. The van der Waals surface area contributed by atoms with Crippen molar-refractivity contribution in [2.75, 3.05) is 12.0 Å². The van der Waals surface area contributed by atoms with Crippen molar-refractivity contribution in [3.63, 3.8) is 0 Å². The molecule has 168 valence electrons. The summed E-state index contributed by atoms with van der Waals surface area (Å²) in [4.78, 5) is 24.2. The van der Waals surface area contributed by atoms with Crippen molar-refractivity contribution in [2.45, 2.75) is 13.0 Å². The Bertz CT molecular complexity index is 1400. The molecule has 0 saturated heterocycles. The van der Waals surface area contributed by atoms with Crippen LogP contribution in [-0.4, -0.2) is 23.0 Å². The summed E-state index contributed by atoms with van der Waals surface area (Å²) in [6, 6.07) is 28.0. The fraction of sp³-hybridized carbons (Fsp3) is 0.107. The largest absolute Gasteiger partial charge is 0.497 e. The molecule has 5 aromatic rings. The molecule has 0 fully saturated rings. The van der Waals surface area contributed by atoms with E-state index in [1.54, 1.807) is 24.4 Å². The summed E-state index contributed by atoms with van der Waals surface area (Å²) in [5.41, 5.74) is 5.01. The van der Waals surface area contributed by atoms with Gasteiger partial charge >= 0.3 is 0 Å². The number of hydrogen-bond acceptors (Lipinski definition) is 5. The number of thiazole rings is 1. The minimum absolute atomic E-state index is 0.0117. The molecule has 5 rings (SSSR count). The lowest BCUT2D eigenvalue weighted by Gasteiger charge is -2.20. The first kappa shape index (κ1) is 21.8. The summed E-state index contributed by atoms with van der Waals surface area (Å²) in [5.74, 6) is 0.732. The highest BCUT2D eigenvalue weighted by molar-refractivity contribution is 7.22. The van der Waals surface area contributed by atoms with Crippen LogP contribution in [0.25, 0.3) is 21.3 Å². The fourth-order valence-corrected chi connectivity index (χ4v) is 4.75. The number of carbonyl (C=O) groups excluding carboxylic acids is 1. The van der Waals surface area contributed by atoms with Crippen LogP contribution in [-0.2, 0) is 17.8 Å². The van der Waals surface area contributed by atoms with Crippen molar-refractivity contribution in [3.05, 3.63) is 108 Å². The zero-order valence-corrected chi connectivity index (χ0v) is 19.5. The molecule has 2 aromatic heterocycles. The average molecular weight is 466 g/mol. The Kier molecular flexibility index (Phi) is 6.31. The zero-order chi connectivity index (χ0) is 23.3. The average Bonchev–Trinajstić information content (AvgIpc) is 3.31. The predicted octanol–water partition coefficient (Wildman–Crippen LogP) is 6.14. The number of hydrogen-bond donors (Lipinski definition) is 0. The molecule has 2 heterocycles. The van der Waals surface area contributed by atoms with Crippen molar-refractivity contribution in [3.8, 4) is 16.9 Å². The number of anilines is 1. The molecule has 0 N–H and O–H groups in total. The van der Waals surface area contributed by atoms with Crippen LogP contribution in [0.2, 0.25) is 0 Å². The molecule has 3 aromatic carbocycles. The highest BCUT2D eigenvalue weighted by Gasteiger charge is 2.21. The molecule has 0 spiro atoms. The van der Waals surface area contributed by atoms with Crippen LogP contribution in [0.1, 0.15) is 11.1 Å². The van der Waals surface area contributed by atoms with Gasteiger partial charge in [-0.05, 0) is 40.5 Å². The van der Waals surface area contributed by atoms with Crippen LogP contribution >= 0.6 is 11.3 Å². The van der Waals surface area contributed by atoms with Crippen LogP contribution in [0, 0.1) is 0 Å². The Morgan fingerprint density at radius 3 is 2.44 bits per heavy atom. The topological polar surface area (TPSA) is 55.3 Å². The third kappa shape index (κ3) is 4.82. The van der Waals surface area contributed by atoms with Crippen LogP contribution < -0.4 is 9.64 Å². The summed E-state index contributed by atoms with van der Waals surface area (Å²) < 4.78 is 6.34. The minimum Gasteiger partial charge on any atom is -0.497 e. The summed E-state index contributed by atoms with van der Waals surface area (Å²) in [6.45, 7) is 0.408. The lowest BCUT2D eigenvalue weighted by Crippen LogP contribution is -2.31. The summed E-state index contributed by atoms with van der Waals surface area (Å²) in [7, 11) is 1.63. The maximum Gasteiger partial charge on any atom is 0.233 e. The third-order valence-electron chi connectivity index (χ3n) is 5.60. The smallest absolute Gasteiger partial charge is 0.233 e. The maximum absolute atomic E-state index is 13.5. The van der Waals surface area contributed by atoms with E-state index in [4.69, 9.17) is 9.72 Å². The van der Waals surface area contributed by atoms with Crippen molar-refractivity contribution >= 4 is 32.6 Å². The van der Waals surface area contributed by atoms with Gasteiger partial charge in [-0.3, -0.25) is 14.7 Å². The van der Waals surface area contributed by atoms with Crippen molar-refractivity contribution in [2.24, 2.45) is 0 Å². The van der Waals surface area contributed by atoms with Gasteiger partial charge in [-0.1, -0.05) is 72.0 Å². The van der Waals surface area contributed by atoms with Crippen molar-refractivity contribution in [1.82, 2.24) is 9.97 Å². The number of pyridine rings is 1. The minimum atomic E-state index is -0.0117. The van der Waals surface area contributed by atoms with Crippen LogP contribution in [0.4, 0.5) is 5.13 Å². The summed E-state index contributed by atoms with van der Waals surface area (Å²) in [5, 5.41) is 0.665. The lowest BCUT2D eigenvalue weighted by molar-refractivity contribution is -0.118. The van der Waals surface area contributed by atoms with Crippen LogP contribution in [0.15, 0.2) is 97.3 Å². The zero-order valence-electron chi connectivity index (χ0n) is 18.7. The molecule has 6 heteroatoms. The van der Waals surface area contributed by atoms with E-state index in [9.17, 15) is 4.79 Å². The molecular weight excluding hydrogens is 442 g/mol. The molecule has 0 aliphatic carbocycles. The monoisotopic (exact) mass is 465 g/mol. The van der Waals surface area contributed by atoms with Gasteiger partial charge in [0.2, 0.25) is 5.91 Å². The van der Waals surface area contributed by atoms with Gasteiger partial charge in [0.05, 0.1) is 30.3 Å². The van der Waals surface area contributed by atoms with Gasteiger partial charge < -0.3 is 4.74 Å². The molecular formula is C28H23N3O2S. The molecule has 34 heavy (non-hydrogen) atoms. The van der Waals surface area contributed by atoms with Gasteiger partial charge in [-0.15, -0.1) is 0 Å². The second kappa shape index (κ2) is 9.85. The van der Waals surface area contributed by atoms with E-state index in [1.165, 1.54) is 11.3 Å². The van der Waals surface area contributed by atoms with Gasteiger partial charge in [-0.2, -0.15) is 0 Å². The van der Waals surface area contributed by atoms with E-state index < -0.39 is 0 Å². The van der Waals surface area contributed by atoms with E-state index in [2.05, 4.69) is 29.2 Å². The number of rotatable bonds is 7. The van der Waals surface area contributed by atoms with Gasteiger partial charge in [0.15, 0.2) is 5.13 Å². The third-order valence-corrected chi connectivity index (χ3v) is 6.65. The van der Waals surface area contributed by atoms with Gasteiger partial charge in [-0.25, -0.2) is 4.98 Å². The standard InChI is InChI=1S/C28H23N3O2S/c1-33-24-13-14-26-25(17-24)30-28(34-26)31(19-21-6-5-15-29-18-21)27(32)16-20-9-11-23(12-10-20)22-7-3-2-4-8-22/h2-15,17-18H,16,19H2,1H3. The normalized spacial score (nSPS) is 10.9. The number of amides is 1. The Morgan fingerprint density at radius 2 is 1.71 bits per heavy atom. The lowest BCUT2D eigenvalue weighted by atomic mass is 10.0. The first-order chi connectivity index (χ1) is 16.7. The molecule has 0 atom stereocenters. The SMILES string of the molecule is COc1ccc2sc(N(Cc3cccnc3)C(=O)Cc3ccc(-c4ccccc4)cc3)nc2c1. The molecule has 0 bridgehead atoms. The van der Waals surface area contributed by atoms with E-state index in [-0.39, 0.29) is 12.3 Å². The first-order valence-corrected chi connectivity index (χ1v) is 11.8. The number of nitrogens with zero attached hydrogens (tertiary/aromatic N) is 3. The first-order valence-electron chi connectivity index (χ1n) is 11.0. The molecule has 0 unspecified atom stereocenters. The highest BCUT2D eigenvalue weighted by Crippen LogP contribution is 2.32. The number of aromatic nitrogens is 2. The van der Waals surface area contributed by atoms with Crippen molar-refractivity contribution in [1.29, 1.82) is 0 Å². The summed E-state index contributed by atoms with van der Waals surface area (Å²) in [6.07, 6.45) is 3.80. The molecule has 0 radical (unpaired) electrons. The predicted molar refractivity (Wildman–Crippen MR) is 137 cm³/mol. The van der Waals surface area contributed by atoms with Crippen molar-refractivity contribution < 1.29 is 9.53 Å². The Labute approximate surface area is 202 Å². The van der Waals surface area contributed by atoms with E-state index in [0.29, 0.717) is 11.7 Å². The number of benzene rings is 3. The molecule has 5 nitrogen and oxygen atoms in total. The second-order valence-electron chi connectivity index (χ2n) is 7.91. The maximum atomic E-state index is 13.5. The van der Waals surface area contributed by atoms with Gasteiger partial charge in [0.25, 0.3) is 0 Å². The Hall–Kier alpha value is -4.03. The van der Waals surface area contributed by atoms with E-state index in [1.807, 2.05) is 60.7 Å². The second-order valence-corrected chi connectivity index (χ2v) is 8.92. The number of methoxy groups -OCH3 is 1. The van der Waals surface area contributed by atoms with Gasteiger partial charge in [0.1, 0.15) is 5.75 Å². The Balaban J connectivity index is 1.42. The highest BCUT2D eigenvalue weighted by atomic mass is 32.1. The summed E-state index contributed by atoms with van der Waals surface area (Å²) >= 11 is 1.50. The molecule has 1 amide bonds. The number of carbonyl (C=O) groups is 1. The van der Waals surface area contributed by atoms with E-state index >= 15 is 0 Å². The van der Waals surface area contributed by atoms with Crippen LogP contribution in [0.3, 0.4) is 0 Å². The fourth-order valence-electron chi connectivity index (χ4n) is 3.79. The van der Waals surface area contributed by atoms with E-state index in [0.717, 1.165) is 38.2 Å². The molecule has 0 aliphatic heterocycles. The quantitative estimate of drug-likeness (QED) is 0.290. The van der Waals surface area contributed by atoms with Gasteiger partial charge in [0, 0.05) is 18.5 Å². The molecule has 0 aliphatic rings. The number of ether oxygens (including phenoxy) is 1. The van der Waals surface area contributed by atoms with Crippen LogP contribution in [0.5, 0.6) is 5.75 Å².